The Morgan fingerprint density at radius 1 is 1.09 bits per heavy atom. The molecule has 0 unspecified atom stereocenters. The molecule has 0 radical (unpaired) electrons. The number of hydrogen-bond acceptors (Lipinski definition) is 7. The second-order valence-electron chi connectivity index (χ2n) is 8.54. The summed E-state index contributed by atoms with van der Waals surface area (Å²) in [5, 5.41) is 4.33. The molecule has 1 aromatic carbocycles. The van der Waals surface area contributed by atoms with Crippen molar-refractivity contribution in [3.8, 4) is 5.75 Å². The Balaban J connectivity index is 1.30. The van der Waals surface area contributed by atoms with Crippen molar-refractivity contribution in [3.63, 3.8) is 0 Å². The third-order valence-corrected chi connectivity index (χ3v) is 6.15. The van der Waals surface area contributed by atoms with E-state index in [2.05, 4.69) is 27.0 Å². The van der Waals surface area contributed by atoms with Gasteiger partial charge in [0.25, 0.3) is 0 Å². The molecule has 1 saturated carbocycles. The fraction of sp³-hybridized carbons (Fsp3) is 0.458. The molecule has 1 aliphatic heterocycles. The number of anilines is 2. The van der Waals surface area contributed by atoms with Crippen LogP contribution in [0.2, 0.25) is 5.02 Å². The van der Waals surface area contributed by atoms with E-state index < -0.39 is 0 Å². The Morgan fingerprint density at radius 2 is 1.94 bits per heavy atom. The number of rotatable bonds is 8. The molecule has 3 aromatic rings. The number of nitrogens with zero attached hydrogens (tertiary/aromatic N) is 5. The topological polar surface area (TPSA) is 66.4 Å². The second kappa shape index (κ2) is 9.46. The van der Waals surface area contributed by atoms with E-state index >= 15 is 0 Å². The van der Waals surface area contributed by atoms with Crippen LogP contribution in [0.25, 0.3) is 11.0 Å². The number of hydrogen-bond donors (Lipinski definition) is 1. The van der Waals surface area contributed by atoms with Gasteiger partial charge in [-0.1, -0.05) is 18.5 Å². The van der Waals surface area contributed by atoms with Crippen LogP contribution in [0.15, 0.2) is 36.7 Å². The molecule has 7 nitrogen and oxygen atoms in total. The Bertz CT molecular complexity index is 1080. The lowest BCUT2D eigenvalue weighted by Crippen LogP contribution is -2.46. The molecule has 0 spiro atoms. The van der Waals surface area contributed by atoms with Gasteiger partial charge in [0.1, 0.15) is 11.3 Å². The summed E-state index contributed by atoms with van der Waals surface area (Å²) in [6, 6.07) is 8.35. The minimum Gasteiger partial charge on any atom is -0.493 e. The quantitative estimate of drug-likeness (QED) is 0.544. The number of pyridine rings is 1. The average molecular weight is 453 g/mol. The zero-order valence-corrected chi connectivity index (χ0v) is 19.2. The van der Waals surface area contributed by atoms with Crippen LogP contribution in [0.5, 0.6) is 5.75 Å². The normalized spacial score (nSPS) is 17.0. The largest absolute Gasteiger partial charge is 0.493 e. The van der Waals surface area contributed by atoms with Gasteiger partial charge < -0.3 is 15.0 Å². The van der Waals surface area contributed by atoms with E-state index in [1.54, 1.807) is 12.4 Å². The molecule has 3 heterocycles. The molecular weight excluding hydrogens is 424 g/mol. The Hall–Kier alpha value is -2.64. The van der Waals surface area contributed by atoms with Gasteiger partial charge in [-0.3, -0.25) is 9.88 Å². The van der Waals surface area contributed by atoms with Crippen molar-refractivity contribution in [2.75, 3.05) is 43.0 Å². The van der Waals surface area contributed by atoms with Crippen molar-refractivity contribution < 1.29 is 4.74 Å². The van der Waals surface area contributed by atoms with Crippen LogP contribution < -0.4 is 15.0 Å². The Labute approximate surface area is 193 Å². The fourth-order valence-electron chi connectivity index (χ4n) is 4.02. The van der Waals surface area contributed by atoms with E-state index in [0.29, 0.717) is 12.6 Å². The van der Waals surface area contributed by atoms with Crippen molar-refractivity contribution in [2.45, 2.75) is 38.8 Å². The van der Waals surface area contributed by atoms with Gasteiger partial charge in [0, 0.05) is 55.5 Å². The van der Waals surface area contributed by atoms with Crippen LogP contribution >= 0.6 is 11.6 Å². The van der Waals surface area contributed by atoms with Gasteiger partial charge in [-0.2, -0.15) is 0 Å². The van der Waals surface area contributed by atoms with Crippen LogP contribution in [0, 0.1) is 0 Å². The number of aromatic nitrogens is 3. The molecule has 2 aliphatic rings. The number of halogens is 1. The number of fused-ring (bicyclic) bond motifs is 1. The maximum absolute atomic E-state index is 6.27. The highest BCUT2D eigenvalue weighted by Gasteiger charge is 2.27. The van der Waals surface area contributed by atoms with Crippen LogP contribution in [-0.4, -0.2) is 58.7 Å². The molecular formula is C24H29ClN6O. The van der Waals surface area contributed by atoms with Gasteiger partial charge in [0.05, 0.1) is 18.3 Å². The molecule has 0 atom stereocenters. The van der Waals surface area contributed by atoms with E-state index in [9.17, 15) is 0 Å². The highest BCUT2D eigenvalue weighted by molar-refractivity contribution is 6.30. The fourth-order valence-corrected chi connectivity index (χ4v) is 4.21. The molecule has 1 N–H and O–H groups in total. The summed E-state index contributed by atoms with van der Waals surface area (Å²) in [5.41, 5.74) is 2.86. The third-order valence-electron chi connectivity index (χ3n) is 5.92. The molecule has 0 bridgehead atoms. The van der Waals surface area contributed by atoms with Crippen LogP contribution in [0.1, 0.15) is 31.7 Å². The average Bonchev–Trinajstić information content (AvgIpc) is 3.63. The Morgan fingerprint density at radius 3 is 2.72 bits per heavy atom. The standard InChI is InChI=1S/C24H29ClN6O/c1-2-13-32-22-6-3-18(25)14-17(22)16-30-9-11-31(12-10-30)24-23(27-19-4-5-19)28-20-7-8-26-15-21(20)29-24/h3,6-8,14-15,19H,2,4-5,9-13,16H2,1H3,(H,27,28). The lowest BCUT2D eigenvalue weighted by Gasteiger charge is -2.36. The van der Waals surface area contributed by atoms with Crippen LogP contribution in [-0.2, 0) is 6.54 Å². The summed E-state index contributed by atoms with van der Waals surface area (Å²) >= 11 is 6.27. The molecule has 0 amide bonds. The first kappa shape index (κ1) is 21.2. The van der Waals surface area contributed by atoms with Crippen molar-refractivity contribution >= 4 is 34.3 Å². The minimum atomic E-state index is 0.521. The molecule has 1 saturated heterocycles. The first-order chi connectivity index (χ1) is 15.7. The van der Waals surface area contributed by atoms with Crippen LogP contribution in [0.3, 0.4) is 0 Å². The van der Waals surface area contributed by atoms with E-state index in [4.69, 9.17) is 26.3 Å². The Kier molecular flexibility index (Phi) is 6.28. The zero-order chi connectivity index (χ0) is 21.9. The maximum Gasteiger partial charge on any atom is 0.172 e. The third kappa shape index (κ3) is 4.89. The highest BCUT2D eigenvalue weighted by Crippen LogP contribution is 2.31. The molecule has 168 valence electrons. The SMILES string of the molecule is CCCOc1ccc(Cl)cc1CN1CCN(c2nc3cnccc3nc2NC2CC2)CC1. The van der Waals surface area contributed by atoms with E-state index in [1.165, 1.54) is 12.8 Å². The molecule has 5 rings (SSSR count). The van der Waals surface area contributed by atoms with Gasteiger partial charge >= 0.3 is 0 Å². The number of nitrogens with one attached hydrogen (secondary N) is 1. The van der Waals surface area contributed by atoms with Gasteiger partial charge in [-0.25, -0.2) is 9.97 Å². The summed E-state index contributed by atoms with van der Waals surface area (Å²) in [5.74, 6) is 2.76. The van der Waals surface area contributed by atoms with Gasteiger partial charge in [-0.15, -0.1) is 0 Å². The van der Waals surface area contributed by atoms with Crippen molar-refractivity contribution in [1.29, 1.82) is 0 Å². The van der Waals surface area contributed by atoms with Crippen LogP contribution in [0.4, 0.5) is 11.6 Å². The molecule has 2 fully saturated rings. The number of piperazine rings is 1. The van der Waals surface area contributed by atoms with Gasteiger partial charge in [-0.05, 0) is 43.5 Å². The lowest BCUT2D eigenvalue weighted by atomic mass is 10.1. The van der Waals surface area contributed by atoms with Crippen molar-refractivity contribution in [3.05, 3.63) is 47.2 Å². The molecule has 1 aliphatic carbocycles. The molecule has 8 heteroatoms. The highest BCUT2D eigenvalue weighted by atomic mass is 35.5. The monoisotopic (exact) mass is 452 g/mol. The summed E-state index contributed by atoms with van der Waals surface area (Å²) < 4.78 is 5.94. The maximum atomic E-state index is 6.27. The van der Waals surface area contributed by atoms with Gasteiger partial charge in [0.15, 0.2) is 11.6 Å². The van der Waals surface area contributed by atoms with E-state index in [1.807, 2.05) is 24.3 Å². The predicted octanol–water partition coefficient (Wildman–Crippen LogP) is 4.36. The van der Waals surface area contributed by atoms with Crippen molar-refractivity contribution in [2.24, 2.45) is 0 Å². The van der Waals surface area contributed by atoms with Crippen molar-refractivity contribution in [1.82, 2.24) is 19.9 Å². The zero-order valence-electron chi connectivity index (χ0n) is 18.4. The first-order valence-corrected chi connectivity index (χ1v) is 11.8. The number of benzene rings is 1. The predicted molar refractivity (Wildman–Crippen MR) is 129 cm³/mol. The summed E-state index contributed by atoms with van der Waals surface area (Å²) in [7, 11) is 0. The van der Waals surface area contributed by atoms with E-state index in [0.717, 1.165) is 78.1 Å². The van der Waals surface area contributed by atoms with Gasteiger partial charge in [0.2, 0.25) is 0 Å². The summed E-state index contributed by atoms with van der Waals surface area (Å²) in [6.45, 7) is 7.33. The van der Waals surface area contributed by atoms with E-state index in [-0.39, 0.29) is 0 Å². The lowest BCUT2D eigenvalue weighted by molar-refractivity contribution is 0.241. The second-order valence-corrected chi connectivity index (χ2v) is 8.98. The summed E-state index contributed by atoms with van der Waals surface area (Å²) in [4.78, 5) is 18.8. The summed E-state index contributed by atoms with van der Waals surface area (Å²) in [6.07, 6.45) is 6.95. The minimum absolute atomic E-state index is 0.521. The first-order valence-electron chi connectivity index (χ1n) is 11.5. The number of ether oxygens (including phenoxy) is 1. The smallest absolute Gasteiger partial charge is 0.172 e. The molecule has 2 aromatic heterocycles. The molecule has 32 heavy (non-hydrogen) atoms.